The number of carbonyl (C=O) groups excluding carboxylic acids is 2. The van der Waals surface area contributed by atoms with Crippen molar-refractivity contribution in [2.45, 2.75) is 51.4 Å². The fourth-order valence-electron chi connectivity index (χ4n) is 3.59. The maximum atomic E-state index is 13.1. The fourth-order valence-corrected chi connectivity index (χ4v) is 3.59. The molecule has 1 heterocycles. The average molecular weight is 586 g/mol. The summed E-state index contributed by atoms with van der Waals surface area (Å²) in [5, 5.41) is 38.3. The highest BCUT2D eigenvalue weighted by molar-refractivity contribution is 5.90. The molecule has 232 valence electrons. The third-order valence-electron chi connectivity index (χ3n) is 5.81. The Morgan fingerprint density at radius 3 is 1.78 bits per heavy atom. The van der Waals surface area contributed by atoms with Crippen LogP contribution in [0.15, 0.2) is 18.3 Å². The van der Waals surface area contributed by atoms with Gasteiger partial charge >= 0.3 is 12.0 Å². The number of amides is 2. The van der Waals surface area contributed by atoms with Crippen molar-refractivity contribution >= 4 is 12.0 Å². The zero-order chi connectivity index (χ0) is 32.1. The predicted molar refractivity (Wildman–Crippen MR) is 150 cm³/mol. The summed E-state index contributed by atoms with van der Waals surface area (Å²) in [5.41, 5.74) is 0.189. The molecule has 0 aliphatic heterocycles. The van der Waals surface area contributed by atoms with Gasteiger partial charge in [-0.2, -0.15) is 5.26 Å². The summed E-state index contributed by atoms with van der Waals surface area (Å²) in [6.07, 6.45) is 10.3. The average Bonchev–Trinajstić information content (AvgIpc) is 2.84. The van der Waals surface area contributed by atoms with Gasteiger partial charge in [0.05, 0.1) is 51.5 Å². The van der Waals surface area contributed by atoms with Crippen LogP contribution in [-0.4, -0.2) is 103 Å². The monoisotopic (exact) mass is 585 g/mol. The van der Waals surface area contributed by atoms with Crippen molar-refractivity contribution in [1.82, 2.24) is 9.88 Å². The van der Waals surface area contributed by atoms with Crippen LogP contribution in [0.5, 0.6) is 5.75 Å². The molecular formula is C25H43N7O9. The van der Waals surface area contributed by atoms with Gasteiger partial charge in [-0.1, -0.05) is 25.7 Å². The topological polar surface area (TPSA) is 216 Å². The molecule has 0 fully saturated rings. The molecule has 0 spiro atoms. The van der Waals surface area contributed by atoms with Gasteiger partial charge in [-0.15, -0.1) is 0 Å². The van der Waals surface area contributed by atoms with Crippen LogP contribution in [0, 0.1) is 42.0 Å². The number of nitriles is 1. The first kappa shape index (κ1) is 39.0. The Labute approximate surface area is 240 Å². The Kier molecular flexibility index (Phi) is 19.8. The SMILES string of the molecule is CN(C)C(=O)Oc1cccnc1C(=O)[N+](C)(C)CCCCCCCCCC[N+](C)(C)CC#N.O=[N+]([O-])[O-].O=[N+]([O-])[O-]. The van der Waals surface area contributed by atoms with E-state index in [9.17, 15) is 9.59 Å². The Morgan fingerprint density at radius 2 is 1.34 bits per heavy atom. The number of nitrogens with zero attached hydrogens (tertiary/aromatic N) is 7. The van der Waals surface area contributed by atoms with Gasteiger partial charge in [-0.05, 0) is 37.8 Å². The maximum absolute atomic E-state index is 13.1. The van der Waals surface area contributed by atoms with E-state index in [1.165, 1.54) is 43.4 Å². The van der Waals surface area contributed by atoms with Crippen LogP contribution in [0.2, 0.25) is 0 Å². The van der Waals surface area contributed by atoms with Crippen molar-refractivity contribution in [3.63, 3.8) is 0 Å². The van der Waals surface area contributed by atoms with Crippen LogP contribution in [0.4, 0.5) is 4.79 Å². The quantitative estimate of drug-likeness (QED) is 0.101. The van der Waals surface area contributed by atoms with Crippen LogP contribution in [0.1, 0.15) is 61.9 Å². The highest BCUT2D eigenvalue weighted by Gasteiger charge is 2.32. The predicted octanol–water partition coefficient (Wildman–Crippen LogP) is 3.60. The number of hydrogen-bond acceptors (Lipinski definition) is 11. The second kappa shape index (κ2) is 20.8. The minimum Gasteiger partial charge on any atom is -0.407 e. The molecule has 0 saturated heterocycles. The van der Waals surface area contributed by atoms with Crippen molar-refractivity contribution < 1.29 is 33.5 Å². The number of rotatable bonds is 14. The van der Waals surface area contributed by atoms with E-state index < -0.39 is 16.3 Å². The summed E-state index contributed by atoms with van der Waals surface area (Å²) in [5.74, 6) is 0.0390. The number of hydrogen-bond donors (Lipinski definition) is 0. The van der Waals surface area contributed by atoms with E-state index in [1.54, 1.807) is 32.4 Å². The van der Waals surface area contributed by atoms with Crippen molar-refractivity contribution in [3.05, 3.63) is 54.7 Å². The van der Waals surface area contributed by atoms with E-state index in [2.05, 4.69) is 25.1 Å². The van der Waals surface area contributed by atoms with E-state index in [1.807, 2.05) is 14.1 Å². The summed E-state index contributed by atoms with van der Waals surface area (Å²) in [4.78, 5) is 47.0. The number of unbranched alkanes of at least 4 members (excludes halogenated alkanes) is 7. The smallest absolute Gasteiger partial charge is 0.407 e. The normalized spacial score (nSPS) is 10.6. The Hall–Kier alpha value is -4.10. The van der Waals surface area contributed by atoms with Gasteiger partial charge in [-0.25, -0.2) is 14.6 Å². The zero-order valence-electron chi connectivity index (χ0n) is 24.8. The molecule has 0 aliphatic rings. The molecule has 0 N–H and O–H groups in total. The highest BCUT2D eigenvalue weighted by Crippen LogP contribution is 2.21. The molecule has 16 heteroatoms. The maximum Gasteiger partial charge on any atom is 0.414 e. The molecule has 0 unspecified atom stereocenters. The van der Waals surface area contributed by atoms with Crippen LogP contribution in [0.25, 0.3) is 0 Å². The van der Waals surface area contributed by atoms with Gasteiger partial charge in [0.1, 0.15) is 6.07 Å². The molecule has 0 bridgehead atoms. The lowest BCUT2D eigenvalue weighted by molar-refractivity contribution is -0.883. The number of aromatic nitrogens is 1. The van der Waals surface area contributed by atoms with E-state index in [4.69, 9.17) is 40.6 Å². The first-order chi connectivity index (χ1) is 19.0. The van der Waals surface area contributed by atoms with Gasteiger partial charge in [0.25, 0.3) is 0 Å². The second-order valence-electron chi connectivity index (χ2n) is 10.6. The lowest BCUT2D eigenvalue weighted by atomic mass is 10.1. The zero-order valence-corrected chi connectivity index (χ0v) is 24.8. The number of ether oxygens (including phenoxy) is 1. The van der Waals surface area contributed by atoms with Gasteiger partial charge in [-0.3, -0.25) is 4.48 Å². The van der Waals surface area contributed by atoms with E-state index >= 15 is 0 Å². The van der Waals surface area contributed by atoms with E-state index in [0.717, 1.165) is 23.9 Å². The lowest BCUT2D eigenvalue weighted by Gasteiger charge is -2.27. The molecule has 0 aromatic carbocycles. The molecule has 0 aliphatic carbocycles. The number of carbonyl (C=O) groups is 2. The Bertz CT molecular complexity index is 976. The van der Waals surface area contributed by atoms with Crippen molar-refractivity contribution in [1.29, 1.82) is 5.26 Å². The van der Waals surface area contributed by atoms with Crippen LogP contribution in [0.3, 0.4) is 0 Å². The van der Waals surface area contributed by atoms with Crippen molar-refractivity contribution in [3.8, 4) is 11.8 Å². The van der Waals surface area contributed by atoms with Gasteiger partial charge in [0, 0.05) is 20.3 Å². The van der Waals surface area contributed by atoms with Crippen LogP contribution < -0.4 is 4.74 Å². The van der Waals surface area contributed by atoms with Crippen molar-refractivity contribution in [2.24, 2.45) is 0 Å². The summed E-state index contributed by atoms with van der Waals surface area (Å²) in [6.45, 7) is 2.34. The third kappa shape index (κ3) is 21.4. The van der Waals surface area contributed by atoms with E-state index in [-0.39, 0.29) is 21.8 Å². The molecular weight excluding hydrogens is 542 g/mol. The summed E-state index contributed by atoms with van der Waals surface area (Å²) >= 11 is 0. The minimum absolute atomic E-state index is 0.158. The molecule has 1 rings (SSSR count). The molecule has 1 aromatic heterocycles. The van der Waals surface area contributed by atoms with Crippen LogP contribution in [-0.2, 0) is 0 Å². The molecule has 0 saturated carbocycles. The summed E-state index contributed by atoms with van der Waals surface area (Å²) < 4.78 is 6.28. The standard InChI is InChI=1S/C25H43N5O3.2NO3/c1-28(2)25(32)33-22-16-15-18-27-23(22)24(31)30(5,6)20-14-12-10-8-7-9-11-13-19-29(3,4)21-17-26;2*2-1(3)4/h15-16,18H,7-14,19-21H2,1-6H3;;/q+2;2*-1. The van der Waals surface area contributed by atoms with Crippen LogP contribution >= 0.6 is 0 Å². The first-order valence-electron chi connectivity index (χ1n) is 13.0. The second-order valence-corrected chi connectivity index (χ2v) is 10.6. The Morgan fingerprint density at radius 1 is 0.902 bits per heavy atom. The van der Waals surface area contributed by atoms with E-state index in [0.29, 0.717) is 13.1 Å². The minimum atomic E-state index is -1.75. The molecule has 0 atom stereocenters. The van der Waals surface area contributed by atoms with Gasteiger partial charge in [0.2, 0.25) is 5.69 Å². The largest absolute Gasteiger partial charge is 0.414 e. The highest BCUT2D eigenvalue weighted by atomic mass is 16.9. The molecule has 0 radical (unpaired) electrons. The van der Waals surface area contributed by atoms with Gasteiger partial charge < -0.3 is 44.8 Å². The lowest BCUT2D eigenvalue weighted by Crippen LogP contribution is -2.46. The first-order valence-corrected chi connectivity index (χ1v) is 13.0. The third-order valence-corrected chi connectivity index (χ3v) is 5.81. The fraction of sp³-hybridized carbons (Fsp3) is 0.680. The summed E-state index contributed by atoms with van der Waals surface area (Å²) in [7, 11) is 11.2. The Balaban J connectivity index is 0. The number of pyridine rings is 1. The van der Waals surface area contributed by atoms with Crippen molar-refractivity contribution in [2.75, 3.05) is 61.9 Å². The summed E-state index contributed by atoms with van der Waals surface area (Å²) in [6, 6.07) is 5.51. The molecule has 16 nitrogen and oxygen atoms in total. The molecule has 41 heavy (non-hydrogen) atoms. The number of quaternary nitrogens is 2. The van der Waals surface area contributed by atoms with Gasteiger partial charge in [0.15, 0.2) is 12.3 Å². The molecule has 1 aromatic rings. The molecule has 2 amide bonds.